The summed E-state index contributed by atoms with van der Waals surface area (Å²) >= 11 is 5.53. The number of nitrogens with one attached hydrogen (secondary N) is 3. The van der Waals surface area contributed by atoms with Crippen LogP contribution in [0, 0.1) is 0 Å². The van der Waals surface area contributed by atoms with E-state index in [2.05, 4.69) is 22.8 Å². The molecule has 1 aliphatic rings. The third-order valence-electron chi connectivity index (χ3n) is 5.59. The lowest BCUT2D eigenvalue weighted by Crippen LogP contribution is -3.13. The van der Waals surface area contributed by atoms with Crippen LogP contribution in [0.25, 0.3) is 0 Å². The molecule has 1 saturated heterocycles. The maximum Gasteiger partial charge on any atom is 0.166 e. The predicted molar refractivity (Wildman–Crippen MR) is 121 cm³/mol. The highest BCUT2D eigenvalue weighted by Gasteiger charge is 2.26. The molecule has 156 valence electrons. The van der Waals surface area contributed by atoms with Gasteiger partial charge in [0.2, 0.25) is 0 Å². The van der Waals surface area contributed by atoms with Crippen LogP contribution in [0.5, 0.6) is 11.5 Å². The van der Waals surface area contributed by atoms with Crippen molar-refractivity contribution in [2.45, 2.75) is 31.8 Å². The summed E-state index contributed by atoms with van der Waals surface area (Å²) in [5.74, 6) is 1.76. The number of benzene rings is 2. The lowest BCUT2D eigenvalue weighted by Gasteiger charge is -2.32. The van der Waals surface area contributed by atoms with Crippen LogP contribution in [0.4, 0.5) is 0 Å². The van der Waals surface area contributed by atoms with Crippen LogP contribution in [0.3, 0.4) is 0 Å². The van der Waals surface area contributed by atoms with Crippen LogP contribution in [0.1, 0.15) is 36.4 Å². The number of thiocarbonyl (C=S) groups is 1. The fraction of sp³-hybridized carbons (Fsp3) is 0.435. The van der Waals surface area contributed by atoms with Crippen LogP contribution in [0.2, 0.25) is 0 Å². The van der Waals surface area contributed by atoms with Gasteiger partial charge in [0.15, 0.2) is 5.11 Å². The molecule has 0 unspecified atom stereocenters. The molecule has 1 atom stereocenters. The van der Waals surface area contributed by atoms with E-state index < -0.39 is 0 Å². The molecule has 1 heterocycles. The number of methoxy groups -OCH3 is 2. The number of hydrogen-bond donors (Lipinski definition) is 3. The molecule has 29 heavy (non-hydrogen) atoms. The summed E-state index contributed by atoms with van der Waals surface area (Å²) in [4.78, 5) is 1.63. The van der Waals surface area contributed by atoms with E-state index in [1.807, 2.05) is 36.4 Å². The van der Waals surface area contributed by atoms with Crippen molar-refractivity contribution in [1.82, 2.24) is 10.6 Å². The minimum atomic E-state index is 0.377. The Morgan fingerprint density at radius 2 is 1.48 bits per heavy atom. The summed E-state index contributed by atoms with van der Waals surface area (Å²) in [6.07, 6.45) is 3.93. The van der Waals surface area contributed by atoms with Crippen molar-refractivity contribution in [2.75, 3.05) is 33.9 Å². The lowest BCUT2D eigenvalue weighted by molar-refractivity contribution is -0.934. The zero-order chi connectivity index (χ0) is 20.5. The molecular weight excluding hydrogens is 382 g/mol. The highest BCUT2D eigenvalue weighted by Crippen LogP contribution is 2.16. The second kappa shape index (κ2) is 11.0. The summed E-state index contributed by atoms with van der Waals surface area (Å²) < 4.78 is 10.5. The van der Waals surface area contributed by atoms with E-state index in [9.17, 15) is 0 Å². The zero-order valence-electron chi connectivity index (χ0n) is 17.4. The lowest BCUT2D eigenvalue weighted by atomic mass is 10.0. The summed E-state index contributed by atoms with van der Waals surface area (Å²) in [6.45, 7) is 3.94. The van der Waals surface area contributed by atoms with Gasteiger partial charge in [-0.25, -0.2) is 0 Å². The molecule has 0 aromatic heterocycles. The quantitative estimate of drug-likeness (QED) is 0.580. The number of hydrogen-bond acceptors (Lipinski definition) is 3. The van der Waals surface area contributed by atoms with Gasteiger partial charge < -0.3 is 25.0 Å². The van der Waals surface area contributed by atoms with Gasteiger partial charge in [0.05, 0.1) is 33.9 Å². The van der Waals surface area contributed by atoms with Gasteiger partial charge in [0, 0.05) is 12.1 Å². The van der Waals surface area contributed by atoms with Gasteiger partial charge in [-0.1, -0.05) is 12.1 Å². The Hall–Kier alpha value is -2.31. The number of rotatable bonds is 8. The molecule has 2 aromatic rings. The van der Waals surface area contributed by atoms with Crippen LogP contribution in [-0.2, 0) is 6.54 Å². The molecule has 6 heteroatoms. The maximum atomic E-state index is 5.53. The number of piperidine rings is 1. The monoisotopic (exact) mass is 414 g/mol. The molecule has 0 amide bonds. The van der Waals surface area contributed by atoms with E-state index >= 15 is 0 Å². The molecule has 1 fully saturated rings. The van der Waals surface area contributed by atoms with Crippen LogP contribution >= 0.6 is 12.2 Å². The smallest absolute Gasteiger partial charge is 0.166 e. The van der Waals surface area contributed by atoms with Crippen LogP contribution in [0.15, 0.2) is 48.5 Å². The molecule has 0 spiro atoms. The molecule has 2 aromatic carbocycles. The van der Waals surface area contributed by atoms with Gasteiger partial charge in [-0.15, -0.1) is 0 Å². The van der Waals surface area contributed by atoms with E-state index in [4.69, 9.17) is 21.7 Å². The van der Waals surface area contributed by atoms with E-state index in [1.165, 1.54) is 43.5 Å². The molecular formula is C23H32N3O2S+. The highest BCUT2D eigenvalue weighted by atomic mass is 32.1. The third kappa shape index (κ3) is 6.34. The first-order chi connectivity index (χ1) is 14.2. The van der Waals surface area contributed by atoms with Gasteiger partial charge in [0.1, 0.15) is 17.5 Å². The normalized spacial score (nSPS) is 15.4. The minimum absolute atomic E-state index is 0.377. The topological polar surface area (TPSA) is 47.0 Å². The summed E-state index contributed by atoms with van der Waals surface area (Å²) in [6, 6.07) is 16.9. The Bertz CT molecular complexity index is 759. The minimum Gasteiger partial charge on any atom is -0.497 e. The van der Waals surface area contributed by atoms with Crippen molar-refractivity contribution in [3.05, 3.63) is 59.7 Å². The van der Waals surface area contributed by atoms with Gasteiger partial charge in [-0.3, -0.25) is 0 Å². The summed E-state index contributed by atoms with van der Waals surface area (Å²) in [7, 11) is 3.38. The SMILES string of the molecule is COc1ccc(CNC(=S)NC[C@@H](c2ccc(OC)cc2)[NH+]2CCCCC2)cc1. The average Bonchev–Trinajstić information content (AvgIpc) is 2.79. The Morgan fingerprint density at radius 3 is 2.07 bits per heavy atom. The van der Waals surface area contributed by atoms with E-state index in [0.29, 0.717) is 17.7 Å². The Morgan fingerprint density at radius 1 is 0.897 bits per heavy atom. The van der Waals surface area contributed by atoms with Crippen LogP contribution in [-0.4, -0.2) is 39.0 Å². The van der Waals surface area contributed by atoms with E-state index in [0.717, 1.165) is 18.0 Å². The van der Waals surface area contributed by atoms with Crippen molar-refractivity contribution in [2.24, 2.45) is 0 Å². The van der Waals surface area contributed by atoms with Gasteiger partial charge in [-0.05, 0) is 73.4 Å². The molecule has 0 aliphatic carbocycles. The van der Waals surface area contributed by atoms with E-state index in [-0.39, 0.29) is 0 Å². The number of likely N-dealkylation sites (tertiary alicyclic amines) is 1. The van der Waals surface area contributed by atoms with Crippen molar-refractivity contribution < 1.29 is 14.4 Å². The fourth-order valence-electron chi connectivity index (χ4n) is 3.87. The van der Waals surface area contributed by atoms with Gasteiger partial charge in [-0.2, -0.15) is 0 Å². The Balaban J connectivity index is 1.56. The second-order valence-electron chi connectivity index (χ2n) is 7.46. The molecule has 3 N–H and O–H groups in total. The third-order valence-corrected chi connectivity index (χ3v) is 5.87. The van der Waals surface area contributed by atoms with Crippen molar-refractivity contribution >= 4 is 17.3 Å². The molecule has 1 aliphatic heterocycles. The zero-order valence-corrected chi connectivity index (χ0v) is 18.2. The van der Waals surface area contributed by atoms with Crippen molar-refractivity contribution in [1.29, 1.82) is 0 Å². The second-order valence-corrected chi connectivity index (χ2v) is 7.86. The Labute approximate surface area is 179 Å². The largest absolute Gasteiger partial charge is 0.497 e. The standard InChI is InChI=1S/C23H31N3O2S/c1-27-20-10-6-18(7-11-20)16-24-23(29)25-17-22(26-14-4-3-5-15-26)19-8-12-21(28-2)13-9-19/h6-13,22H,3-5,14-17H2,1-2H3,(H2,24,25,29)/p+1/t22-/m0/s1. The molecule has 0 saturated carbocycles. The Kier molecular flexibility index (Phi) is 8.14. The molecule has 5 nitrogen and oxygen atoms in total. The first-order valence-electron chi connectivity index (χ1n) is 10.3. The number of quaternary nitrogens is 1. The molecule has 3 rings (SSSR count). The summed E-state index contributed by atoms with van der Waals surface area (Å²) in [5.41, 5.74) is 2.50. The first-order valence-corrected chi connectivity index (χ1v) is 10.7. The van der Waals surface area contributed by atoms with Crippen LogP contribution < -0.4 is 25.0 Å². The van der Waals surface area contributed by atoms with Gasteiger partial charge in [0.25, 0.3) is 0 Å². The predicted octanol–water partition coefficient (Wildman–Crippen LogP) is 2.48. The van der Waals surface area contributed by atoms with Crippen molar-refractivity contribution in [3.8, 4) is 11.5 Å². The van der Waals surface area contributed by atoms with Gasteiger partial charge >= 0.3 is 0 Å². The maximum absolute atomic E-state index is 5.53. The average molecular weight is 415 g/mol. The van der Waals surface area contributed by atoms with E-state index in [1.54, 1.807) is 19.1 Å². The highest BCUT2D eigenvalue weighted by molar-refractivity contribution is 7.80. The summed E-state index contributed by atoms with van der Waals surface area (Å²) in [5, 5.41) is 7.45. The first kappa shape index (κ1) is 21.4. The van der Waals surface area contributed by atoms with Crippen molar-refractivity contribution in [3.63, 3.8) is 0 Å². The fourth-order valence-corrected chi connectivity index (χ4v) is 4.03. The molecule has 0 radical (unpaired) electrons. The molecule has 0 bridgehead atoms. The number of ether oxygens (including phenoxy) is 2.